The van der Waals surface area contributed by atoms with Gasteiger partial charge in [-0.2, -0.15) is 5.26 Å². The fraction of sp³-hybridized carbons (Fsp3) is 0.425. The van der Waals surface area contributed by atoms with Crippen LogP contribution in [-0.2, 0) is 28.9 Å². The van der Waals surface area contributed by atoms with Gasteiger partial charge in [0.1, 0.15) is 35.4 Å². The molecule has 2 heterocycles. The number of H-pyrrole nitrogens is 1. The zero-order chi connectivity index (χ0) is 38.8. The maximum atomic E-state index is 13.3. The van der Waals surface area contributed by atoms with Crippen molar-refractivity contribution in [3.63, 3.8) is 0 Å². The minimum atomic E-state index is -1.66. The van der Waals surface area contributed by atoms with Gasteiger partial charge in [0.25, 0.3) is 14.1 Å². The van der Waals surface area contributed by atoms with E-state index in [0.29, 0.717) is 11.5 Å². The number of aromatic nitrogens is 2. The third-order valence-corrected chi connectivity index (χ3v) is 11.3. The molecule has 1 unspecified atom stereocenters. The van der Waals surface area contributed by atoms with Crippen molar-refractivity contribution in [2.75, 3.05) is 34.5 Å². The summed E-state index contributed by atoms with van der Waals surface area (Å²) < 4.78 is 47.7. The molecule has 3 aromatic carbocycles. The predicted molar refractivity (Wildman–Crippen MR) is 204 cm³/mol. The second-order valence-corrected chi connectivity index (χ2v) is 14.7. The molecule has 1 fully saturated rings. The van der Waals surface area contributed by atoms with E-state index in [-0.39, 0.29) is 31.7 Å². The average Bonchev–Trinajstić information content (AvgIpc) is 3.52. The Kier molecular flexibility index (Phi) is 14.2. The summed E-state index contributed by atoms with van der Waals surface area (Å²) in [7, 11) is 3.09. The Labute approximate surface area is 317 Å². The number of rotatable bonds is 18. The van der Waals surface area contributed by atoms with Gasteiger partial charge in [-0.05, 0) is 68.7 Å². The molecule has 5 rings (SSSR count). The van der Waals surface area contributed by atoms with E-state index >= 15 is 0 Å². The Morgan fingerprint density at radius 2 is 1.41 bits per heavy atom. The summed E-state index contributed by atoms with van der Waals surface area (Å²) in [6.07, 6.45) is -2.03. The quantitative estimate of drug-likeness (QED) is 0.0710. The van der Waals surface area contributed by atoms with E-state index in [9.17, 15) is 14.9 Å². The highest BCUT2D eigenvalue weighted by molar-refractivity contribution is 7.44. The molecule has 1 aromatic heterocycles. The Bertz CT molecular complexity index is 1870. The minimum absolute atomic E-state index is 0.0244. The van der Waals surface area contributed by atoms with E-state index in [1.54, 1.807) is 14.2 Å². The van der Waals surface area contributed by atoms with Crippen LogP contribution < -0.4 is 20.7 Å². The number of nitrogens with zero attached hydrogens (tertiary/aromatic N) is 3. The van der Waals surface area contributed by atoms with Crippen molar-refractivity contribution in [3.05, 3.63) is 129 Å². The molecule has 5 atom stereocenters. The first-order valence-corrected chi connectivity index (χ1v) is 18.9. The number of nitrogens with one attached hydrogen (secondary N) is 1. The molecule has 0 aliphatic carbocycles. The molecule has 0 saturated carbocycles. The largest absolute Gasteiger partial charge is 0.497 e. The van der Waals surface area contributed by atoms with Gasteiger partial charge >= 0.3 is 5.69 Å². The van der Waals surface area contributed by atoms with Gasteiger partial charge in [-0.15, -0.1) is 0 Å². The van der Waals surface area contributed by atoms with E-state index < -0.39 is 49.9 Å². The van der Waals surface area contributed by atoms with Crippen molar-refractivity contribution in [1.82, 2.24) is 14.2 Å². The third kappa shape index (κ3) is 8.94. The second-order valence-electron chi connectivity index (χ2n) is 13.2. The van der Waals surface area contributed by atoms with E-state index in [1.807, 2.05) is 78.9 Å². The van der Waals surface area contributed by atoms with Gasteiger partial charge in [0.15, 0.2) is 6.23 Å². The maximum Gasteiger partial charge on any atom is 0.330 e. The van der Waals surface area contributed by atoms with Gasteiger partial charge < -0.3 is 32.7 Å². The van der Waals surface area contributed by atoms with Crippen LogP contribution in [0.15, 0.2) is 101 Å². The number of ether oxygens (including phenoxy) is 5. The van der Waals surface area contributed by atoms with Crippen LogP contribution in [0.25, 0.3) is 0 Å². The van der Waals surface area contributed by atoms with Gasteiger partial charge in [0, 0.05) is 31.5 Å². The van der Waals surface area contributed by atoms with E-state index in [0.717, 1.165) is 16.7 Å². The molecule has 0 spiro atoms. The molecule has 1 aliphatic heterocycles. The maximum absolute atomic E-state index is 13.3. The summed E-state index contributed by atoms with van der Waals surface area (Å²) in [4.78, 5) is 27.7. The topological polar surface area (TPSA) is 147 Å². The summed E-state index contributed by atoms with van der Waals surface area (Å²) in [5, 5.41) is 9.26. The van der Waals surface area contributed by atoms with Gasteiger partial charge in [0.2, 0.25) is 0 Å². The molecule has 0 radical (unpaired) electrons. The van der Waals surface area contributed by atoms with Gasteiger partial charge in [-0.1, -0.05) is 54.6 Å². The zero-order valence-corrected chi connectivity index (χ0v) is 32.6. The van der Waals surface area contributed by atoms with E-state index in [1.165, 1.54) is 23.9 Å². The first-order valence-electron chi connectivity index (χ1n) is 17.8. The van der Waals surface area contributed by atoms with Crippen LogP contribution in [0.5, 0.6) is 11.5 Å². The Balaban J connectivity index is 1.68. The Morgan fingerprint density at radius 3 is 1.91 bits per heavy atom. The molecular weight excluding hydrogens is 711 g/mol. The van der Waals surface area contributed by atoms with Crippen molar-refractivity contribution >= 4 is 8.53 Å². The standard InChI is InChI=1S/C40H49N4O9P/c1-27(2)44(28(3)4)54(50-25-11-23-41)51-26-34-36(37(49-7)38(52-34)43-24-22-35(45)42-39(43)46)53-40(29-12-9-8-10-13-29,30-14-18-32(47-5)19-15-30)31-16-20-33(48-6)21-17-31/h8-10,12-22,24,27-28,34,36-38H,11,25-26H2,1-7H3,(H,42,45,46)/t34-,36-,37-,38-,54?/m1/s1. The first-order chi connectivity index (χ1) is 26.1. The van der Waals surface area contributed by atoms with Gasteiger partial charge in [-0.3, -0.25) is 14.3 Å². The highest BCUT2D eigenvalue weighted by Crippen LogP contribution is 2.49. The van der Waals surface area contributed by atoms with Crippen LogP contribution in [0.4, 0.5) is 0 Å². The Hall–Kier alpha value is -4.38. The highest BCUT2D eigenvalue weighted by Gasteiger charge is 2.52. The van der Waals surface area contributed by atoms with Crippen molar-refractivity contribution in [1.29, 1.82) is 5.26 Å². The zero-order valence-electron chi connectivity index (χ0n) is 31.7. The number of hydrogen-bond acceptors (Lipinski definition) is 11. The van der Waals surface area contributed by atoms with Crippen molar-refractivity contribution in [2.45, 2.75) is 76.3 Å². The number of methoxy groups -OCH3 is 3. The summed E-state index contributed by atoms with van der Waals surface area (Å²) >= 11 is 0. The summed E-state index contributed by atoms with van der Waals surface area (Å²) in [5.74, 6) is 1.34. The third-order valence-electron chi connectivity index (χ3n) is 9.18. The number of aromatic amines is 1. The van der Waals surface area contributed by atoms with Crippen LogP contribution in [0.1, 0.15) is 57.0 Å². The van der Waals surface area contributed by atoms with Crippen LogP contribution in [0.3, 0.4) is 0 Å². The van der Waals surface area contributed by atoms with Crippen molar-refractivity contribution < 1.29 is 32.7 Å². The van der Waals surface area contributed by atoms with Crippen LogP contribution in [0, 0.1) is 11.3 Å². The molecule has 288 valence electrons. The fourth-order valence-corrected chi connectivity index (χ4v) is 8.39. The second kappa shape index (κ2) is 18.8. The fourth-order valence-electron chi connectivity index (χ4n) is 6.77. The average molecular weight is 761 g/mol. The molecule has 54 heavy (non-hydrogen) atoms. The Morgan fingerprint density at radius 1 is 0.833 bits per heavy atom. The minimum Gasteiger partial charge on any atom is -0.497 e. The number of hydrogen-bond donors (Lipinski definition) is 1. The molecular formula is C40H49N4O9P. The normalized spacial score (nSPS) is 19.3. The number of nitriles is 1. The molecule has 1 saturated heterocycles. The lowest BCUT2D eigenvalue weighted by atomic mass is 9.79. The molecule has 1 N–H and O–H groups in total. The highest BCUT2D eigenvalue weighted by atomic mass is 31.2. The van der Waals surface area contributed by atoms with Crippen LogP contribution >= 0.6 is 8.53 Å². The molecule has 4 aromatic rings. The smallest absolute Gasteiger partial charge is 0.330 e. The summed E-state index contributed by atoms with van der Waals surface area (Å²) in [6.45, 7) is 8.39. The predicted octanol–water partition coefficient (Wildman–Crippen LogP) is 6.14. The monoisotopic (exact) mass is 760 g/mol. The molecule has 1 aliphatic rings. The van der Waals surface area contributed by atoms with E-state index in [2.05, 4.69) is 43.4 Å². The van der Waals surface area contributed by atoms with Gasteiger partial charge in [0.05, 0.1) is 39.9 Å². The molecule has 14 heteroatoms. The lowest BCUT2D eigenvalue weighted by Gasteiger charge is -2.40. The van der Waals surface area contributed by atoms with E-state index in [4.69, 9.17) is 32.7 Å². The van der Waals surface area contributed by atoms with Crippen molar-refractivity contribution in [2.24, 2.45) is 0 Å². The SMILES string of the molecule is COc1ccc(C(O[C@H]2[C@@H](OC)[C@H](n3ccc(=O)[nH]c3=O)O[C@@H]2COP(OCCC#N)N(C(C)C)C(C)C)(c2ccccc2)c2ccc(OC)cc2)cc1. The lowest BCUT2D eigenvalue weighted by Crippen LogP contribution is -2.46. The molecule has 0 amide bonds. The first kappa shape index (κ1) is 40.8. The van der Waals surface area contributed by atoms with Gasteiger partial charge in [-0.25, -0.2) is 9.46 Å². The van der Waals surface area contributed by atoms with Crippen LogP contribution in [0.2, 0.25) is 0 Å². The lowest BCUT2D eigenvalue weighted by molar-refractivity contribution is -0.117. The summed E-state index contributed by atoms with van der Waals surface area (Å²) in [6, 6.07) is 28.6. The van der Waals surface area contributed by atoms with Crippen LogP contribution in [-0.4, -0.2) is 79.2 Å². The molecule has 13 nitrogen and oxygen atoms in total. The summed E-state index contributed by atoms with van der Waals surface area (Å²) in [5.41, 5.74) is -0.0993. The van der Waals surface area contributed by atoms with Crippen molar-refractivity contribution in [3.8, 4) is 17.6 Å². The number of benzene rings is 3. The molecule has 0 bridgehead atoms.